The van der Waals surface area contributed by atoms with Crippen molar-refractivity contribution in [2.24, 2.45) is 0 Å². The van der Waals surface area contributed by atoms with Gasteiger partial charge in [0.15, 0.2) is 0 Å². The molecule has 1 aliphatic heterocycles. The molecule has 1 fully saturated rings. The highest BCUT2D eigenvalue weighted by atomic mass is 35.5. The maximum absolute atomic E-state index is 10.6. The number of benzene rings is 2. The van der Waals surface area contributed by atoms with Gasteiger partial charge in [-0.15, -0.1) is 0 Å². The topological polar surface area (TPSA) is 55.7 Å². The zero-order valence-electron chi connectivity index (χ0n) is 11.0. The van der Waals surface area contributed by atoms with Crippen molar-refractivity contribution in [2.75, 3.05) is 0 Å². The minimum atomic E-state index is -0.415. The summed E-state index contributed by atoms with van der Waals surface area (Å²) in [6.07, 6.45) is -0.179. The van der Waals surface area contributed by atoms with Gasteiger partial charge in [0.25, 0.3) is 5.69 Å². The van der Waals surface area contributed by atoms with E-state index in [2.05, 4.69) is 6.58 Å². The Morgan fingerprint density at radius 1 is 1.14 bits per heavy atom. The molecule has 3 rings (SSSR count). The summed E-state index contributed by atoms with van der Waals surface area (Å²) >= 11 is 5.86. The van der Waals surface area contributed by atoms with Gasteiger partial charge >= 0.3 is 0 Å². The van der Waals surface area contributed by atoms with Crippen LogP contribution in [0.3, 0.4) is 0 Å². The lowest BCUT2D eigenvalue weighted by molar-refractivity contribution is -0.384. The molecule has 0 bridgehead atoms. The van der Waals surface area contributed by atoms with Gasteiger partial charge < -0.3 is 4.74 Å². The predicted octanol–water partition coefficient (Wildman–Crippen LogP) is 4.40. The summed E-state index contributed by atoms with van der Waals surface area (Å²) in [5.74, 6) is 0. The third-order valence-corrected chi connectivity index (χ3v) is 3.73. The molecule has 1 aliphatic rings. The molecule has 0 radical (unpaired) electrons. The van der Waals surface area contributed by atoms with Crippen LogP contribution >= 0.6 is 11.6 Å². The lowest BCUT2D eigenvalue weighted by atomic mass is 10.00. The van der Waals surface area contributed by atoms with Crippen LogP contribution in [0.1, 0.15) is 17.2 Å². The van der Waals surface area contributed by atoms with E-state index in [0.29, 0.717) is 5.02 Å². The van der Waals surface area contributed by atoms with Crippen molar-refractivity contribution < 1.29 is 9.66 Å². The maximum Gasteiger partial charge on any atom is 0.269 e. The lowest BCUT2D eigenvalue weighted by Gasteiger charge is -2.02. The first-order chi connectivity index (χ1) is 10.1. The number of halogens is 1. The smallest absolute Gasteiger partial charge is 0.269 e. The van der Waals surface area contributed by atoms with Crippen LogP contribution in [0.4, 0.5) is 5.69 Å². The van der Waals surface area contributed by atoms with E-state index in [-0.39, 0.29) is 17.9 Å². The fourth-order valence-corrected chi connectivity index (χ4v) is 2.37. The number of nitro groups is 1. The highest BCUT2D eigenvalue weighted by Crippen LogP contribution is 2.46. The van der Waals surface area contributed by atoms with Gasteiger partial charge in [0.1, 0.15) is 12.2 Å². The van der Waals surface area contributed by atoms with Gasteiger partial charge in [0.05, 0.1) is 4.92 Å². The highest BCUT2D eigenvalue weighted by molar-refractivity contribution is 6.30. The number of epoxide rings is 1. The van der Waals surface area contributed by atoms with Gasteiger partial charge in [0.2, 0.25) is 0 Å². The molecule has 1 saturated heterocycles. The normalized spacial score (nSPS) is 20.0. The summed E-state index contributed by atoms with van der Waals surface area (Å²) in [5, 5.41) is 11.3. The van der Waals surface area contributed by atoms with E-state index in [1.54, 1.807) is 12.1 Å². The number of nitrogens with zero attached hydrogens (tertiary/aromatic N) is 1. The minimum absolute atomic E-state index is 0.0764. The summed E-state index contributed by atoms with van der Waals surface area (Å²) in [6, 6.07) is 13.8. The average molecular weight is 302 g/mol. The SMILES string of the molecule is C=C(c1ccc(Cl)cc1)[C@@H]1O[C@H]1c1ccc([N+](=O)[O-])cc1. The van der Waals surface area contributed by atoms with Crippen LogP contribution < -0.4 is 0 Å². The van der Waals surface area contributed by atoms with Crippen molar-refractivity contribution in [3.05, 3.63) is 81.4 Å². The molecule has 106 valence electrons. The summed E-state index contributed by atoms with van der Waals surface area (Å²) in [4.78, 5) is 10.2. The van der Waals surface area contributed by atoms with Crippen molar-refractivity contribution >= 4 is 22.9 Å². The van der Waals surface area contributed by atoms with Crippen molar-refractivity contribution in [2.45, 2.75) is 12.2 Å². The number of hydrogen-bond donors (Lipinski definition) is 0. The molecule has 21 heavy (non-hydrogen) atoms. The zero-order chi connectivity index (χ0) is 15.0. The summed E-state index contributed by atoms with van der Waals surface area (Å²) in [6.45, 7) is 4.06. The first-order valence-corrected chi connectivity index (χ1v) is 6.78. The predicted molar refractivity (Wildman–Crippen MR) is 81.2 cm³/mol. The van der Waals surface area contributed by atoms with Gasteiger partial charge in [-0.25, -0.2) is 0 Å². The van der Waals surface area contributed by atoms with E-state index in [0.717, 1.165) is 16.7 Å². The molecule has 2 aromatic carbocycles. The summed E-state index contributed by atoms with van der Waals surface area (Å²) < 4.78 is 5.65. The van der Waals surface area contributed by atoms with Crippen molar-refractivity contribution in [1.29, 1.82) is 0 Å². The third kappa shape index (κ3) is 2.82. The summed E-state index contributed by atoms with van der Waals surface area (Å²) in [5.41, 5.74) is 2.86. The van der Waals surface area contributed by atoms with Gasteiger partial charge in [-0.2, -0.15) is 0 Å². The maximum atomic E-state index is 10.6. The fourth-order valence-electron chi connectivity index (χ4n) is 2.24. The number of nitro benzene ring substituents is 1. The van der Waals surface area contributed by atoms with Gasteiger partial charge in [0, 0.05) is 17.2 Å². The second kappa shape index (κ2) is 5.31. The van der Waals surface area contributed by atoms with Crippen LogP contribution in [-0.4, -0.2) is 11.0 Å². The van der Waals surface area contributed by atoms with Crippen LogP contribution in [-0.2, 0) is 4.74 Å². The molecule has 0 spiro atoms. The number of non-ortho nitro benzene ring substituents is 1. The molecular formula is C16H12ClNO3. The second-order valence-electron chi connectivity index (χ2n) is 4.86. The molecule has 0 unspecified atom stereocenters. The Hall–Kier alpha value is -2.17. The van der Waals surface area contributed by atoms with Crippen molar-refractivity contribution in [1.82, 2.24) is 0 Å². The molecule has 0 aromatic heterocycles. The van der Waals surface area contributed by atoms with E-state index >= 15 is 0 Å². The Kier molecular flexibility index (Phi) is 3.49. The van der Waals surface area contributed by atoms with Crippen LogP contribution in [0.2, 0.25) is 5.02 Å². The Labute approximate surface area is 126 Å². The Morgan fingerprint density at radius 3 is 2.33 bits per heavy atom. The van der Waals surface area contributed by atoms with Crippen molar-refractivity contribution in [3.63, 3.8) is 0 Å². The number of rotatable bonds is 4. The van der Waals surface area contributed by atoms with E-state index in [9.17, 15) is 10.1 Å². The fraction of sp³-hybridized carbons (Fsp3) is 0.125. The molecular weight excluding hydrogens is 290 g/mol. The van der Waals surface area contributed by atoms with Gasteiger partial charge in [-0.3, -0.25) is 10.1 Å². The van der Waals surface area contributed by atoms with E-state index in [1.807, 2.05) is 24.3 Å². The molecule has 0 N–H and O–H groups in total. The van der Waals surface area contributed by atoms with E-state index < -0.39 is 4.92 Å². The van der Waals surface area contributed by atoms with E-state index in [1.165, 1.54) is 12.1 Å². The Bertz CT molecular complexity index is 694. The molecule has 0 saturated carbocycles. The quantitative estimate of drug-likeness (QED) is 0.478. The van der Waals surface area contributed by atoms with Crippen LogP contribution in [0.5, 0.6) is 0 Å². The second-order valence-corrected chi connectivity index (χ2v) is 5.29. The summed E-state index contributed by atoms with van der Waals surface area (Å²) in [7, 11) is 0. The molecule has 2 atom stereocenters. The first-order valence-electron chi connectivity index (χ1n) is 6.41. The van der Waals surface area contributed by atoms with Crippen LogP contribution in [0.15, 0.2) is 55.1 Å². The monoisotopic (exact) mass is 301 g/mol. The van der Waals surface area contributed by atoms with Crippen LogP contribution in [0, 0.1) is 10.1 Å². The molecule has 1 heterocycles. The minimum Gasteiger partial charge on any atom is -0.359 e. The lowest BCUT2D eigenvalue weighted by Crippen LogP contribution is -1.94. The van der Waals surface area contributed by atoms with Gasteiger partial charge in [-0.1, -0.05) is 30.3 Å². The first kappa shape index (κ1) is 13.8. The Morgan fingerprint density at radius 2 is 1.76 bits per heavy atom. The average Bonchev–Trinajstić information content (AvgIpc) is 3.28. The number of ether oxygens (including phenoxy) is 1. The zero-order valence-corrected chi connectivity index (χ0v) is 11.8. The Balaban J connectivity index is 1.72. The van der Waals surface area contributed by atoms with Gasteiger partial charge in [-0.05, 0) is 41.0 Å². The largest absolute Gasteiger partial charge is 0.359 e. The molecule has 0 amide bonds. The molecule has 0 aliphatic carbocycles. The molecule has 5 heteroatoms. The van der Waals surface area contributed by atoms with Crippen molar-refractivity contribution in [3.8, 4) is 0 Å². The van der Waals surface area contributed by atoms with Crippen LogP contribution in [0.25, 0.3) is 5.57 Å². The van der Waals surface area contributed by atoms with E-state index in [4.69, 9.17) is 16.3 Å². The molecule has 2 aromatic rings. The standard InChI is InChI=1S/C16H12ClNO3/c1-10(11-2-6-13(17)7-3-11)15-16(21-15)12-4-8-14(9-5-12)18(19)20/h2-9,15-16H,1H2/t15-,16-/m0/s1. The highest BCUT2D eigenvalue weighted by Gasteiger charge is 2.42. The molecule has 4 nitrogen and oxygen atoms in total. The third-order valence-electron chi connectivity index (χ3n) is 3.48. The number of hydrogen-bond acceptors (Lipinski definition) is 3.